The minimum absolute atomic E-state index is 0.00782. The van der Waals surface area contributed by atoms with Crippen molar-refractivity contribution in [3.05, 3.63) is 63.6 Å². The molecule has 1 amide bonds. The number of aryl methyl sites for hydroxylation is 2. The Morgan fingerprint density at radius 1 is 1.18 bits per heavy atom. The van der Waals surface area contributed by atoms with Crippen molar-refractivity contribution in [2.24, 2.45) is 0 Å². The summed E-state index contributed by atoms with van der Waals surface area (Å²) in [4.78, 5) is 18.5. The number of amides is 1. The molecule has 0 spiro atoms. The van der Waals surface area contributed by atoms with Gasteiger partial charge >= 0.3 is 0 Å². The van der Waals surface area contributed by atoms with Gasteiger partial charge in [0.2, 0.25) is 5.91 Å². The first-order valence-electron chi connectivity index (χ1n) is 10.8. The zero-order valence-corrected chi connectivity index (χ0v) is 20.3. The molecule has 1 N–H and O–H groups in total. The van der Waals surface area contributed by atoms with E-state index in [-0.39, 0.29) is 11.9 Å². The normalized spacial score (nSPS) is 12.0. The van der Waals surface area contributed by atoms with Crippen molar-refractivity contribution in [3.63, 3.8) is 0 Å². The minimum atomic E-state index is 0.00782. The number of nitrogens with zero attached hydrogens (tertiary/aromatic N) is 3. The molecule has 7 nitrogen and oxygen atoms in total. The van der Waals surface area contributed by atoms with Crippen LogP contribution in [0.5, 0.6) is 11.5 Å². The Hall–Kier alpha value is -3.39. The zero-order chi connectivity index (χ0) is 23.5. The van der Waals surface area contributed by atoms with E-state index in [1.165, 1.54) is 0 Å². The Balaban J connectivity index is 1.56. The van der Waals surface area contributed by atoms with Gasteiger partial charge < -0.3 is 14.8 Å². The van der Waals surface area contributed by atoms with Crippen LogP contribution in [0.15, 0.2) is 41.8 Å². The van der Waals surface area contributed by atoms with Gasteiger partial charge in [-0.25, -0.2) is 9.50 Å². The van der Waals surface area contributed by atoms with E-state index >= 15 is 0 Å². The van der Waals surface area contributed by atoms with E-state index in [2.05, 4.69) is 5.32 Å². The summed E-state index contributed by atoms with van der Waals surface area (Å²) in [6.45, 7) is 6.01. The van der Waals surface area contributed by atoms with Crippen LogP contribution in [0.3, 0.4) is 0 Å². The van der Waals surface area contributed by atoms with Crippen LogP contribution in [0.1, 0.15) is 41.2 Å². The predicted octanol–water partition coefficient (Wildman–Crippen LogP) is 4.90. The van der Waals surface area contributed by atoms with Gasteiger partial charge in [-0.05, 0) is 56.3 Å². The fraction of sp³-hybridized carbons (Fsp3) is 0.320. The van der Waals surface area contributed by atoms with Crippen LogP contribution in [-0.2, 0) is 11.2 Å². The summed E-state index contributed by atoms with van der Waals surface area (Å²) in [6.07, 6.45) is 0.996. The number of thiophene rings is 1. The van der Waals surface area contributed by atoms with Gasteiger partial charge in [0.1, 0.15) is 11.5 Å². The second kappa shape index (κ2) is 9.62. The lowest BCUT2D eigenvalue weighted by atomic mass is 10.1. The molecule has 8 heteroatoms. The van der Waals surface area contributed by atoms with Crippen LogP contribution in [0.4, 0.5) is 0 Å². The van der Waals surface area contributed by atoms with Crippen molar-refractivity contribution in [2.45, 2.75) is 39.7 Å². The molecule has 33 heavy (non-hydrogen) atoms. The van der Waals surface area contributed by atoms with Crippen LogP contribution in [0.2, 0.25) is 0 Å². The number of benzene rings is 1. The zero-order valence-electron chi connectivity index (χ0n) is 19.5. The number of rotatable bonds is 8. The van der Waals surface area contributed by atoms with Gasteiger partial charge in [-0.1, -0.05) is 6.07 Å². The maximum absolute atomic E-state index is 12.5. The molecule has 0 saturated carbocycles. The number of aromatic nitrogens is 3. The molecule has 3 heterocycles. The van der Waals surface area contributed by atoms with E-state index in [1.807, 2.05) is 67.1 Å². The number of nitrogens with one attached hydrogen (secondary N) is 1. The van der Waals surface area contributed by atoms with Crippen molar-refractivity contribution in [1.29, 1.82) is 0 Å². The highest BCUT2D eigenvalue weighted by molar-refractivity contribution is 7.10. The molecular weight excluding hydrogens is 436 g/mol. The predicted molar refractivity (Wildman–Crippen MR) is 130 cm³/mol. The largest absolute Gasteiger partial charge is 0.497 e. The van der Waals surface area contributed by atoms with Crippen molar-refractivity contribution >= 4 is 22.9 Å². The molecule has 3 aromatic heterocycles. The fourth-order valence-electron chi connectivity index (χ4n) is 3.99. The lowest BCUT2D eigenvalue weighted by Gasteiger charge is -2.14. The van der Waals surface area contributed by atoms with E-state index < -0.39 is 0 Å². The smallest absolute Gasteiger partial charge is 0.220 e. The van der Waals surface area contributed by atoms with Crippen LogP contribution < -0.4 is 14.8 Å². The van der Waals surface area contributed by atoms with Gasteiger partial charge in [0.25, 0.3) is 0 Å². The average molecular weight is 465 g/mol. The van der Waals surface area contributed by atoms with Gasteiger partial charge in [-0.3, -0.25) is 4.79 Å². The summed E-state index contributed by atoms with van der Waals surface area (Å²) in [5.41, 5.74) is 5.33. The van der Waals surface area contributed by atoms with Gasteiger partial charge in [0.05, 0.1) is 26.0 Å². The molecule has 0 aliphatic carbocycles. The molecule has 1 aromatic carbocycles. The summed E-state index contributed by atoms with van der Waals surface area (Å²) in [5, 5.41) is 9.89. The molecule has 172 valence electrons. The lowest BCUT2D eigenvalue weighted by molar-refractivity contribution is -0.121. The van der Waals surface area contributed by atoms with Crippen LogP contribution in [0.25, 0.3) is 16.9 Å². The molecular formula is C25H28N4O3S. The Morgan fingerprint density at radius 2 is 2.00 bits per heavy atom. The number of ether oxygens (including phenoxy) is 2. The maximum Gasteiger partial charge on any atom is 0.220 e. The number of fused-ring (bicyclic) bond motifs is 1. The van der Waals surface area contributed by atoms with E-state index in [0.29, 0.717) is 18.6 Å². The molecule has 0 bridgehead atoms. The SMILES string of the molecule is COc1ccc(-c2cc3nc(C)c(CCC(=O)NC(C)c4cccs4)c(C)n3n2)c(OC)c1. The molecule has 0 saturated heterocycles. The second-order valence-electron chi connectivity index (χ2n) is 7.93. The van der Waals surface area contributed by atoms with Gasteiger partial charge in [0, 0.05) is 40.4 Å². The number of methoxy groups -OCH3 is 2. The number of carbonyl (C=O) groups is 1. The third-order valence-corrected chi connectivity index (χ3v) is 6.85. The van der Waals surface area contributed by atoms with Gasteiger partial charge in [-0.2, -0.15) is 5.10 Å². The first kappa shape index (κ1) is 22.8. The highest BCUT2D eigenvalue weighted by Gasteiger charge is 2.17. The first-order valence-corrected chi connectivity index (χ1v) is 11.7. The number of hydrogen-bond acceptors (Lipinski definition) is 6. The minimum Gasteiger partial charge on any atom is -0.497 e. The van der Waals surface area contributed by atoms with Crippen molar-refractivity contribution in [1.82, 2.24) is 19.9 Å². The van der Waals surface area contributed by atoms with Crippen molar-refractivity contribution in [2.75, 3.05) is 14.2 Å². The van der Waals surface area contributed by atoms with E-state index in [4.69, 9.17) is 19.6 Å². The average Bonchev–Trinajstić information content (AvgIpc) is 3.49. The Labute approximate surface area is 197 Å². The molecule has 0 aliphatic heterocycles. The third-order valence-electron chi connectivity index (χ3n) is 5.80. The number of hydrogen-bond donors (Lipinski definition) is 1. The highest BCUT2D eigenvalue weighted by atomic mass is 32.1. The fourth-order valence-corrected chi connectivity index (χ4v) is 4.73. The van der Waals surface area contributed by atoms with Crippen LogP contribution in [0, 0.1) is 13.8 Å². The molecule has 4 aromatic rings. The monoisotopic (exact) mass is 464 g/mol. The van der Waals surface area contributed by atoms with E-state index in [1.54, 1.807) is 25.6 Å². The summed E-state index contributed by atoms with van der Waals surface area (Å²) in [7, 11) is 3.25. The molecule has 1 unspecified atom stereocenters. The standard InChI is InChI=1S/C25H28N4O3S/c1-15-19(10-11-25(30)27-16(2)23-7-6-12-33-23)17(3)29-24(26-15)14-21(28-29)20-9-8-18(31-4)13-22(20)32-5/h6-9,12-14,16H,10-11H2,1-5H3,(H,27,30). The van der Waals surface area contributed by atoms with Gasteiger partial charge in [0.15, 0.2) is 5.65 Å². The Bertz CT molecular complexity index is 1280. The third kappa shape index (κ3) is 4.71. The van der Waals surface area contributed by atoms with E-state index in [0.717, 1.165) is 44.5 Å². The van der Waals surface area contributed by atoms with Crippen LogP contribution in [-0.4, -0.2) is 34.7 Å². The maximum atomic E-state index is 12.5. The van der Waals surface area contributed by atoms with Crippen LogP contribution >= 0.6 is 11.3 Å². The Kier molecular flexibility index (Phi) is 6.65. The second-order valence-corrected chi connectivity index (χ2v) is 8.91. The lowest BCUT2D eigenvalue weighted by Crippen LogP contribution is -2.26. The summed E-state index contributed by atoms with van der Waals surface area (Å²) in [5.74, 6) is 1.43. The van der Waals surface area contributed by atoms with Gasteiger partial charge in [-0.15, -0.1) is 11.3 Å². The number of carbonyl (C=O) groups excluding carboxylic acids is 1. The first-order chi connectivity index (χ1) is 15.9. The summed E-state index contributed by atoms with van der Waals surface area (Å²) < 4.78 is 12.7. The molecule has 4 rings (SSSR count). The molecule has 0 radical (unpaired) electrons. The highest BCUT2D eigenvalue weighted by Crippen LogP contribution is 2.33. The summed E-state index contributed by atoms with van der Waals surface area (Å²) in [6, 6.07) is 11.6. The van der Waals surface area contributed by atoms with Crippen molar-refractivity contribution < 1.29 is 14.3 Å². The van der Waals surface area contributed by atoms with E-state index in [9.17, 15) is 4.79 Å². The quantitative estimate of drug-likeness (QED) is 0.401. The molecule has 0 aliphatic rings. The molecule has 0 fully saturated rings. The molecule has 1 atom stereocenters. The Morgan fingerprint density at radius 3 is 2.70 bits per heavy atom. The summed E-state index contributed by atoms with van der Waals surface area (Å²) >= 11 is 1.65. The van der Waals surface area contributed by atoms with Crippen molar-refractivity contribution in [3.8, 4) is 22.8 Å². The topological polar surface area (TPSA) is 77.8 Å².